The second-order valence-electron chi connectivity index (χ2n) is 8.34. The van der Waals surface area contributed by atoms with Crippen molar-refractivity contribution >= 4 is 11.8 Å². The van der Waals surface area contributed by atoms with Crippen molar-refractivity contribution < 1.29 is 14.3 Å². The molecule has 0 radical (unpaired) electrons. The minimum absolute atomic E-state index is 0.0603. The van der Waals surface area contributed by atoms with E-state index in [1.165, 1.54) is 27.2 Å². The molecule has 0 saturated carbocycles. The number of nitrogens with zero attached hydrogens (tertiary/aromatic N) is 1. The van der Waals surface area contributed by atoms with Crippen LogP contribution in [0.5, 0.6) is 5.75 Å². The monoisotopic (exact) mass is 395 g/mol. The molecule has 4 aliphatic rings. The number of rotatable bonds is 3. The van der Waals surface area contributed by atoms with Gasteiger partial charge in [0, 0.05) is 17.4 Å². The van der Waals surface area contributed by atoms with Crippen LogP contribution in [0.1, 0.15) is 39.7 Å². The number of likely N-dealkylation sites (tertiary alicyclic amines) is 1. The Labute approximate surface area is 175 Å². The molecule has 1 aliphatic heterocycles. The molecule has 1 saturated heterocycles. The molecule has 4 nitrogen and oxygen atoms in total. The topological polar surface area (TPSA) is 46.6 Å². The molecule has 2 amide bonds. The highest BCUT2D eigenvalue weighted by Gasteiger charge is 2.61. The number of carbonyl (C=O) groups is 2. The quantitative estimate of drug-likeness (QED) is 0.628. The van der Waals surface area contributed by atoms with Gasteiger partial charge in [-0.1, -0.05) is 66.7 Å². The molecule has 1 fully saturated rings. The van der Waals surface area contributed by atoms with Crippen LogP contribution in [0.4, 0.5) is 0 Å². The van der Waals surface area contributed by atoms with Crippen molar-refractivity contribution in [1.29, 1.82) is 0 Å². The van der Waals surface area contributed by atoms with E-state index in [1.807, 2.05) is 48.5 Å². The van der Waals surface area contributed by atoms with E-state index in [1.54, 1.807) is 7.11 Å². The molecular formula is C26H21NO3. The van der Waals surface area contributed by atoms with Crippen LogP contribution in [-0.2, 0) is 16.1 Å². The molecule has 0 unspecified atom stereocenters. The molecule has 3 aromatic carbocycles. The number of benzene rings is 3. The molecule has 0 aromatic heterocycles. The Morgan fingerprint density at radius 1 is 0.700 bits per heavy atom. The minimum Gasteiger partial charge on any atom is -0.496 e. The van der Waals surface area contributed by atoms with Crippen LogP contribution >= 0.6 is 0 Å². The summed E-state index contributed by atoms with van der Waals surface area (Å²) < 4.78 is 5.45. The molecule has 1 heterocycles. The minimum atomic E-state index is -0.331. The summed E-state index contributed by atoms with van der Waals surface area (Å²) in [5.74, 6) is -0.214. The summed E-state index contributed by atoms with van der Waals surface area (Å²) in [4.78, 5) is 28.7. The summed E-state index contributed by atoms with van der Waals surface area (Å²) >= 11 is 0. The zero-order valence-corrected chi connectivity index (χ0v) is 16.6. The zero-order valence-electron chi connectivity index (χ0n) is 16.6. The van der Waals surface area contributed by atoms with E-state index in [-0.39, 0.29) is 42.0 Å². The van der Waals surface area contributed by atoms with Gasteiger partial charge >= 0.3 is 0 Å². The van der Waals surface area contributed by atoms with E-state index >= 15 is 0 Å². The molecule has 3 aliphatic carbocycles. The van der Waals surface area contributed by atoms with Gasteiger partial charge in [-0.25, -0.2) is 0 Å². The average Bonchev–Trinajstić information content (AvgIpc) is 3.05. The Kier molecular flexibility index (Phi) is 3.66. The Bertz CT molecular complexity index is 1080. The lowest BCUT2D eigenvalue weighted by molar-refractivity contribution is -0.140. The first-order valence-corrected chi connectivity index (χ1v) is 10.4. The van der Waals surface area contributed by atoms with E-state index in [0.717, 1.165) is 5.56 Å². The summed E-state index contributed by atoms with van der Waals surface area (Å²) in [7, 11) is 1.61. The number of ether oxygens (including phenoxy) is 1. The van der Waals surface area contributed by atoms with E-state index in [9.17, 15) is 9.59 Å². The second kappa shape index (κ2) is 6.30. The highest BCUT2D eigenvalue weighted by molar-refractivity contribution is 6.07. The van der Waals surface area contributed by atoms with Gasteiger partial charge in [-0.2, -0.15) is 0 Å². The van der Waals surface area contributed by atoms with Crippen LogP contribution in [0.25, 0.3) is 0 Å². The van der Waals surface area contributed by atoms with Gasteiger partial charge in [-0.05, 0) is 28.3 Å². The molecule has 0 spiro atoms. The van der Waals surface area contributed by atoms with Gasteiger partial charge in [0.15, 0.2) is 0 Å². The molecule has 0 N–H and O–H groups in total. The summed E-state index contributed by atoms with van der Waals surface area (Å²) in [6.45, 7) is 0.251. The molecule has 2 bridgehead atoms. The third-order valence-corrected chi connectivity index (χ3v) is 7.06. The smallest absolute Gasteiger partial charge is 0.234 e. The Hall–Kier alpha value is -3.40. The molecule has 7 rings (SSSR count). The average molecular weight is 395 g/mol. The number of carbonyl (C=O) groups excluding carboxylic acids is 2. The second-order valence-corrected chi connectivity index (χ2v) is 8.34. The molecule has 30 heavy (non-hydrogen) atoms. The zero-order chi connectivity index (χ0) is 20.4. The van der Waals surface area contributed by atoms with Gasteiger partial charge in [0.1, 0.15) is 5.75 Å². The van der Waals surface area contributed by atoms with Crippen molar-refractivity contribution in [3.8, 4) is 5.75 Å². The number of para-hydroxylation sites is 1. The fraction of sp³-hybridized carbons (Fsp3) is 0.231. The third-order valence-electron chi connectivity index (χ3n) is 7.06. The van der Waals surface area contributed by atoms with Crippen LogP contribution < -0.4 is 4.74 Å². The van der Waals surface area contributed by atoms with Gasteiger partial charge in [-0.15, -0.1) is 0 Å². The first kappa shape index (κ1) is 17.5. The van der Waals surface area contributed by atoms with Crippen molar-refractivity contribution in [2.24, 2.45) is 11.8 Å². The third kappa shape index (κ3) is 2.16. The maximum Gasteiger partial charge on any atom is 0.234 e. The number of hydrogen-bond acceptors (Lipinski definition) is 3. The number of amides is 2. The van der Waals surface area contributed by atoms with Gasteiger partial charge < -0.3 is 4.74 Å². The SMILES string of the molecule is COc1ccccc1CN1C(=O)[C@@H]2C3c4ccccc4C(c4ccccc43)[C@@H]2C1=O. The summed E-state index contributed by atoms with van der Waals surface area (Å²) in [6.07, 6.45) is 0. The molecule has 148 valence electrons. The van der Waals surface area contributed by atoms with Crippen molar-refractivity contribution in [1.82, 2.24) is 4.90 Å². The Morgan fingerprint density at radius 2 is 1.13 bits per heavy atom. The maximum atomic E-state index is 13.6. The van der Waals surface area contributed by atoms with E-state index in [0.29, 0.717) is 5.75 Å². The van der Waals surface area contributed by atoms with Gasteiger partial charge in [0.2, 0.25) is 11.8 Å². The maximum absolute atomic E-state index is 13.6. The molecule has 2 atom stereocenters. The summed E-state index contributed by atoms with van der Waals surface area (Å²) in [6, 6.07) is 24.2. The highest BCUT2D eigenvalue weighted by Crippen LogP contribution is 2.61. The predicted molar refractivity (Wildman–Crippen MR) is 112 cm³/mol. The largest absolute Gasteiger partial charge is 0.496 e. The van der Waals surface area contributed by atoms with E-state index < -0.39 is 0 Å². The van der Waals surface area contributed by atoms with Gasteiger partial charge in [-0.3, -0.25) is 14.5 Å². The van der Waals surface area contributed by atoms with Crippen molar-refractivity contribution in [3.63, 3.8) is 0 Å². The molecule has 4 heteroatoms. The first-order chi connectivity index (χ1) is 14.7. The molecule has 3 aromatic rings. The number of hydrogen-bond donors (Lipinski definition) is 0. The normalized spacial score (nSPS) is 25.7. The lowest BCUT2D eigenvalue weighted by Crippen LogP contribution is -2.41. The van der Waals surface area contributed by atoms with Crippen molar-refractivity contribution in [3.05, 3.63) is 101 Å². The van der Waals surface area contributed by atoms with Crippen LogP contribution in [0, 0.1) is 11.8 Å². The van der Waals surface area contributed by atoms with E-state index in [2.05, 4.69) is 24.3 Å². The first-order valence-electron chi connectivity index (χ1n) is 10.4. The lowest BCUT2D eigenvalue weighted by Gasteiger charge is -2.45. The summed E-state index contributed by atoms with van der Waals surface area (Å²) in [5.41, 5.74) is 5.64. The van der Waals surface area contributed by atoms with Crippen molar-refractivity contribution in [2.45, 2.75) is 18.4 Å². The van der Waals surface area contributed by atoms with Crippen LogP contribution in [0.3, 0.4) is 0 Å². The van der Waals surface area contributed by atoms with Crippen LogP contribution in [0.15, 0.2) is 72.8 Å². The fourth-order valence-corrected chi connectivity index (χ4v) is 5.90. The van der Waals surface area contributed by atoms with Crippen LogP contribution in [0.2, 0.25) is 0 Å². The predicted octanol–water partition coefficient (Wildman–Crippen LogP) is 4.09. The molecular weight excluding hydrogens is 374 g/mol. The highest BCUT2D eigenvalue weighted by atomic mass is 16.5. The number of imide groups is 1. The van der Waals surface area contributed by atoms with E-state index in [4.69, 9.17) is 4.74 Å². The summed E-state index contributed by atoms with van der Waals surface area (Å²) in [5, 5.41) is 0. The Balaban J connectivity index is 1.48. The van der Waals surface area contributed by atoms with Crippen molar-refractivity contribution in [2.75, 3.05) is 7.11 Å². The van der Waals surface area contributed by atoms with Gasteiger partial charge in [0.25, 0.3) is 0 Å². The Morgan fingerprint density at radius 3 is 1.60 bits per heavy atom. The number of methoxy groups -OCH3 is 1. The fourth-order valence-electron chi connectivity index (χ4n) is 5.90. The van der Waals surface area contributed by atoms with Gasteiger partial charge in [0.05, 0.1) is 25.5 Å². The standard InChI is InChI=1S/C26H21NO3/c1-30-20-13-7-2-8-15(20)14-27-25(28)23-21-16-9-3-4-10-17(16)22(24(23)26(27)29)19-12-6-5-11-18(19)21/h2-13,21-24H,14H2,1H3/t21?,22?,23-,24+. The lowest BCUT2D eigenvalue weighted by atomic mass is 9.55. The van der Waals surface area contributed by atoms with Crippen LogP contribution in [-0.4, -0.2) is 23.8 Å².